The molecule has 0 saturated carbocycles. The number of amides is 1. The van der Waals surface area contributed by atoms with Crippen LogP contribution < -0.4 is 10.1 Å². The molecule has 16 nitrogen and oxygen atoms in total. The molecule has 7 rings (SSSR count). The Hall–Kier alpha value is -3.27. The minimum Gasteiger partial charge on any atom is -0.459 e. The Labute approximate surface area is 446 Å². The van der Waals surface area contributed by atoms with Gasteiger partial charge in [-0.25, -0.2) is 0 Å². The van der Waals surface area contributed by atoms with Crippen LogP contribution in [0.3, 0.4) is 0 Å². The Morgan fingerprint density at radius 2 is 1.64 bits per heavy atom. The molecule has 4 aliphatic heterocycles. The summed E-state index contributed by atoms with van der Waals surface area (Å²) < 4.78 is 38.7. The maximum Gasteiger partial charge on any atom is 0.311 e. The molecule has 4 aliphatic rings. The summed E-state index contributed by atoms with van der Waals surface area (Å²) in [4.78, 5) is 33.6. The SMILES string of the molecule is CC[C@H]1OC(=O)[C@H](C)[C@@H](O[C@H]2C[C@H](C)[C@@H](O)[C@H](C)O2)[C@H](C)[C@@H](O[C@@H]2O[C@H](C)C[C@H](N(C)CCCNC(=O)c3cc4c(s3)-c3cc(Cl)ccc3Oc3ccccc3-4)[C@H]2O)[C@](C)(O)C[C@@H](C)CN(C)C(C)C(O)[C@]1(C)O. The molecule has 6 N–H and O–H groups in total. The Morgan fingerprint density at radius 3 is 2.34 bits per heavy atom. The van der Waals surface area contributed by atoms with Crippen LogP contribution >= 0.6 is 22.9 Å². The fraction of sp³-hybridized carbons (Fsp3) is 0.679. The van der Waals surface area contributed by atoms with Gasteiger partial charge in [-0.2, -0.15) is 0 Å². The molecule has 3 saturated heterocycles. The summed E-state index contributed by atoms with van der Waals surface area (Å²) in [6, 6.07) is 14.1. The average Bonchev–Trinajstić information content (AvgIpc) is 3.75. The number of esters is 1. The predicted molar refractivity (Wildman–Crippen MR) is 284 cm³/mol. The lowest BCUT2D eigenvalue weighted by molar-refractivity contribution is -0.310. The summed E-state index contributed by atoms with van der Waals surface area (Å²) in [7, 11) is 3.76. The van der Waals surface area contributed by atoms with Gasteiger partial charge in [0.2, 0.25) is 0 Å². The average molecular weight is 1070 g/mol. The third kappa shape index (κ3) is 12.8. The third-order valence-electron chi connectivity index (χ3n) is 16.1. The maximum absolute atomic E-state index is 14.4. The highest BCUT2D eigenvalue weighted by Gasteiger charge is 2.51. The number of nitrogens with zero attached hydrogens (tertiary/aromatic N) is 2. The Morgan fingerprint density at radius 1 is 0.932 bits per heavy atom. The highest BCUT2D eigenvalue weighted by Crippen LogP contribution is 2.51. The predicted octanol–water partition coefficient (Wildman–Crippen LogP) is 7.48. The van der Waals surface area contributed by atoms with Crippen molar-refractivity contribution >= 4 is 34.8 Å². The quantitative estimate of drug-likeness (QED) is 0.0636. The summed E-state index contributed by atoms with van der Waals surface area (Å²) in [6.45, 7) is 19.1. The molecule has 2 aromatic carbocycles. The van der Waals surface area contributed by atoms with Gasteiger partial charge in [-0.1, -0.05) is 57.5 Å². The molecule has 0 aliphatic carbocycles. The molecule has 0 radical (unpaired) electrons. The van der Waals surface area contributed by atoms with Gasteiger partial charge in [-0.05, 0) is 130 Å². The zero-order valence-corrected chi connectivity index (χ0v) is 46.8. The first-order valence-corrected chi connectivity index (χ1v) is 27.7. The summed E-state index contributed by atoms with van der Waals surface area (Å²) in [5.74, 6) is -1.72. The molecule has 3 aromatic rings. The number of cyclic esters (lactones) is 1. The van der Waals surface area contributed by atoms with Crippen molar-refractivity contribution in [2.24, 2.45) is 23.7 Å². The van der Waals surface area contributed by atoms with E-state index in [1.165, 1.54) is 18.3 Å². The monoisotopic (exact) mass is 1070 g/mol. The van der Waals surface area contributed by atoms with Crippen molar-refractivity contribution in [3.05, 3.63) is 58.4 Å². The number of fused-ring (bicyclic) bond motifs is 5. The van der Waals surface area contributed by atoms with Crippen LogP contribution in [-0.4, -0.2) is 166 Å². The van der Waals surface area contributed by atoms with Crippen molar-refractivity contribution in [2.45, 2.75) is 186 Å². The molecule has 3 fully saturated rings. The number of rotatable bonds is 11. The highest BCUT2D eigenvalue weighted by molar-refractivity contribution is 7.18. The molecule has 0 spiro atoms. The summed E-state index contributed by atoms with van der Waals surface area (Å²) >= 11 is 7.83. The number of hydrogen-bond donors (Lipinski definition) is 6. The van der Waals surface area contributed by atoms with Crippen molar-refractivity contribution in [3.8, 4) is 33.1 Å². The number of hydrogen-bond acceptors (Lipinski definition) is 16. The van der Waals surface area contributed by atoms with E-state index in [4.69, 9.17) is 40.0 Å². The lowest BCUT2D eigenvalue weighted by atomic mass is 9.77. The molecule has 18 heteroatoms. The zero-order valence-electron chi connectivity index (χ0n) is 45.2. The molecule has 0 bridgehead atoms. The lowest BCUT2D eigenvalue weighted by Gasteiger charge is -2.48. The van der Waals surface area contributed by atoms with E-state index < -0.39 is 96.4 Å². The number of likely N-dealkylation sites (N-methyl/N-ethyl adjacent to an activating group) is 2. The molecular weight excluding hydrogens is 990 g/mol. The van der Waals surface area contributed by atoms with Gasteiger partial charge in [0.1, 0.15) is 35.4 Å². The molecule has 2 unspecified atom stereocenters. The van der Waals surface area contributed by atoms with E-state index in [9.17, 15) is 35.1 Å². The van der Waals surface area contributed by atoms with Crippen molar-refractivity contribution in [1.82, 2.24) is 15.1 Å². The van der Waals surface area contributed by atoms with Crippen LogP contribution in [0.25, 0.3) is 21.6 Å². The number of carbonyl (C=O) groups excluding carboxylic acids is 2. The van der Waals surface area contributed by atoms with E-state index in [0.29, 0.717) is 60.3 Å². The first kappa shape index (κ1) is 58.4. The number of aliphatic hydroxyl groups excluding tert-OH is 3. The number of carbonyl (C=O) groups is 2. The smallest absolute Gasteiger partial charge is 0.311 e. The maximum atomic E-state index is 14.4. The van der Waals surface area contributed by atoms with E-state index in [-0.39, 0.29) is 36.7 Å². The number of ether oxygens (including phenoxy) is 6. The number of thiophene rings is 1. The zero-order chi connectivity index (χ0) is 54.1. The van der Waals surface area contributed by atoms with Gasteiger partial charge < -0.3 is 69.1 Å². The molecule has 412 valence electrons. The van der Waals surface area contributed by atoms with Crippen LogP contribution in [0.5, 0.6) is 11.5 Å². The van der Waals surface area contributed by atoms with E-state index in [2.05, 4.69) is 5.32 Å². The van der Waals surface area contributed by atoms with E-state index in [0.717, 1.165) is 21.6 Å². The second-order valence-electron chi connectivity index (χ2n) is 22.4. The van der Waals surface area contributed by atoms with Crippen LogP contribution in [0, 0.1) is 23.7 Å². The number of benzene rings is 2. The minimum atomic E-state index is -1.82. The fourth-order valence-corrected chi connectivity index (χ4v) is 13.1. The second kappa shape index (κ2) is 24.2. The van der Waals surface area contributed by atoms with E-state index in [1.54, 1.807) is 40.7 Å². The Balaban J connectivity index is 1.09. The van der Waals surface area contributed by atoms with Crippen LogP contribution in [-0.2, 0) is 28.5 Å². The largest absolute Gasteiger partial charge is 0.459 e. The molecule has 5 heterocycles. The molecular formula is C56H82ClN3O13S. The van der Waals surface area contributed by atoms with Gasteiger partial charge in [0.15, 0.2) is 12.6 Å². The van der Waals surface area contributed by atoms with Crippen molar-refractivity contribution < 1.29 is 63.5 Å². The molecule has 74 heavy (non-hydrogen) atoms. The van der Waals surface area contributed by atoms with E-state index in [1.807, 2.05) is 94.1 Å². The highest BCUT2D eigenvalue weighted by atomic mass is 35.5. The Bertz CT molecular complexity index is 2380. The molecule has 1 aromatic heterocycles. The third-order valence-corrected chi connectivity index (χ3v) is 17.5. The fourth-order valence-electron chi connectivity index (χ4n) is 11.8. The number of aliphatic hydroxyl groups is 5. The topological polar surface area (TPSA) is 209 Å². The summed E-state index contributed by atoms with van der Waals surface area (Å²) in [5, 5.41) is 63.0. The summed E-state index contributed by atoms with van der Waals surface area (Å²) in [6.07, 6.45) is -7.65. The standard InChI is InChI=1S/C56H82ClN3O13S/c1-13-44-56(10,67)50(63)34(7)60(12)28-29(2)27-55(9,66)51(32(5)48(33(6)53(65)71-44)72-45-23-30(3)46(61)35(8)69-45)73-54-47(62)40(24-31(4)68-54)59(11)22-16-21-58-52(64)43-26-38-37-17-14-15-18-41(37)70-42-20-19-36(57)25-39(42)49(38)74-43/h14-15,17-20,25-26,29-35,40,44-48,50-51,54,61-63,66-67H,13,16,21-24,27-28H2,1-12H3,(H,58,64)/t29-,30+,31-,32+,33-,34?,35+,40+,44-,45+,46-,47-,48+,50?,51-,54+,55-,56-/m1/s1. The first-order valence-electron chi connectivity index (χ1n) is 26.5. The van der Waals surface area contributed by atoms with Gasteiger partial charge in [-0.15, -0.1) is 11.3 Å². The van der Waals surface area contributed by atoms with Crippen molar-refractivity contribution in [2.75, 3.05) is 33.7 Å². The van der Waals surface area contributed by atoms with Crippen LogP contribution in [0.2, 0.25) is 5.02 Å². The van der Waals surface area contributed by atoms with Crippen LogP contribution in [0.1, 0.15) is 111 Å². The van der Waals surface area contributed by atoms with Crippen molar-refractivity contribution in [3.63, 3.8) is 0 Å². The number of nitrogens with one attached hydrogen (secondary N) is 1. The number of para-hydroxylation sites is 1. The van der Waals surface area contributed by atoms with Crippen LogP contribution in [0.4, 0.5) is 0 Å². The van der Waals surface area contributed by atoms with E-state index >= 15 is 0 Å². The van der Waals surface area contributed by atoms with Gasteiger partial charge in [0.05, 0.1) is 46.9 Å². The van der Waals surface area contributed by atoms with Gasteiger partial charge in [-0.3, -0.25) is 9.59 Å². The number of halogens is 1. The molecule has 18 atom stereocenters. The molecule has 1 amide bonds. The van der Waals surface area contributed by atoms with Crippen LogP contribution in [0.15, 0.2) is 48.5 Å². The van der Waals surface area contributed by atoms with Crippen molar-refractivity contribution in [1.29, 1.82) is 0 Å². The van der Waals surface area contributed by atoms with Gasteiger partial charge in [0, 0.05) is 64.1 Å². The van der Waals surface area contributed by atoms with Gasteiger partial charge >= 0.3 is 5.97 Å². The lowest BCUT2D eigenvalue weighted by Crippen LogP contribution is -2.60. The van der Waals surface area contributed by atoms with Gasteiger partial charge in [0.25, 0.3) is 5.91 Å². The summed E-state index contributed by atoms with van der Waals surface area (Å²) in [5.41, 5.74) is -0.846. The minimum absolute atomic E-state index is 0.188. The first-order chi connectivity index (χ1) is 34.8. The second-order valence-corrected chi connectivity index (χ2v) is 23.9. The normalized spacial score (nSPS) is 37.5. The Kier molecular flexibility index (Phi) is 19.1.